The van der Waals surface area contributed by atoms with Crippen LogP contribution in [0.15, 0.2) is 22.7 Å². The summed E-state index contributed by atoms with van der Waals surface area (Å²) in [4.78, 5) is 0. The van der Waals surface area contributed by atoms with Gasteiger partial charge in [0.05, 0.1) is 0 Å². The largest absolute Gasteiger partial charge is 0.348 e. The summed E-state index contributed by atoms with van der Waals surface area (Å²) in [6, 6.07) is 6.30. The number of hydrogen-bond acceptors (Lipinski definition) is 1. The summed E-state index contributed by atoms with van der Waals surface area (Å²) in [5.41, 5.74) is 9.47. The van der Waals surface area contributed by atoms with Crippen molar-refractivity contribution >= 4 is 26.8 Å². The van der Waals surface area contributed by atoms with Crippen LogP contribution < -0.4 is 5.73 Å². The van der Waals surface area contributed by atoms with Gasteiger partial charge in [-0.2, -0.15) is 0 Å². The van der Waals surface area contributed by atoms with E-state index in [0.717, 1.165) is 4.47 Å². The third-order valence-corrected chi connectivity index (χ3v) is 3.28. The van der Waals surface area contributed by atoms with E-state index < -0.39 is 0 Å². The van der Waals surface area contributed by atoms with E-state index in [1.54, 1.807) is 0 Å². The Morgan fingerprint density at radius 1 is 1.43 bits per heavy atom. The quantitative estimate of drug-likeness (QED) is 0.832. The molecule has 1 heterocycles. The van der Waals surface area contributed by atoms with Gasteiger partial charge in [0.15, 0.2) is 0 Å². The maximum Gasteiger partial charge on any atom is 0.0494 e. The molecule has 3 heteroatoms. The van der Waals surface area contributed by atoms with Gasteiger partial charge in [-0.05, 0) is 24.6 Å². The molecule has 0 unspecified atom stereocenters. The Kier molecular flexibility index (Phi) is 2.37. The Morgan fingerprint density at radius 3 is 2.79 bits per heavy atom. The third-order valence-electron chi connectivity index (χ3n) is 2.79. The number of fused-ring (bicyclic) bond motifs is 1. The maximum atomic E-state index is 5.74. The Balaban J connectivity index is 2.88. The molecule has 0 aliphatic carbocycles. The zero-order chi connectivity index (χ0) is 10.3. The van der Waals surface area contributed by atoms with Gasteiger partial charge in [0.2, 0.25) is 0 Å². The normalized spacial score (nSPS) is 11.1. The first-order chi connectivity index (χ1) is 6.65. The first-order valence-electron chi connectivity index (χ1n) is 4.58. The molecule has 2 rings (SSSR count). The molecule has 2 nitrogen and oxygen atoms in total. The molecule has 14 heavy (non-hydrogen) atoms. The summed E-state index contributed by atoms with van der Waals surface area (Å²) in [7, 11) is 2.07. The van der Waals surface area contributed by atoms with Crippen molar-refractivity contribution in [3.05, 3.63) is 33.9 Å². The first kappa shape index (κ1) is 9.74. The predicted molar refractivity (Wildman–Crippen MR) is 63.2 cm³/mol. The monoisotopic (exact) mass is 252 g/mol. The van der Waals surface area contributed by atoms with Crippen LogP contribution in [0.1, 0.15) is 11.3 Å². The van der Waals surface area contributed by atoms with E-state index in [-0.39, 0.29) is 0 Å². The van der Waals surface area contributed by atoms with Crippen molar-refractivity contribution in [3.8, 4) is 0 Å². The van der Waals surface area contributed by atoms with Crippen molar-refractivity contribution < 1.29 is 0 Å². The Bertz CT molecular complexity index is 485. The minimum Gasteiger partial charge on any atom is -0.348 e. The number of nitrogens with two attached hydrogens (primary N) is 1. The summed E-state index contributed by atoms with van der Waals surface area (Å²) in [5, 5.41) is 1.26. The highest BCUT2D eigenvalue weighted by atomic mass is 79.9. The van der Waals surface area contributed by atoms with Crippen molar-refractivity contribution in [1.82, 2.24) is 4.57 Å². The lowest BCUT2D eigenvalue weighted by atomic mass is 10.1. The van der Waals surface area contributed by atoms with Crippen LogP contribution >= 0.6 is 15.9 Å². The molecule has 0 saturated heterocycles. The van der Waals surface area contributed by atoms with E-state index in [1.165, 1.54) is 22.2 Å². The average Bonchev–Trinajstić information content (AvgIpc) is 2.41. The predicted octanol–water partition coefficient (Wildman–Crippen LogP) is 2.71. The number of rotatable bonds is 1. The molecule has 1 aromatic heterocycles. The van der Waals surface area contributed by atoms with Gasteiger partial charge in [0.1, 0.15) is 0 Å². The zero-order valence-electron chi connectivity index (χ0n) is 8.34. The lowest BCUT2D eigenvalue weighted by Crippen LogP contribution is -1.98. The second-order valence-corrected chi connectivity index (χ2v) is 4.40. The highest BCUT2D eigenvalue weighted by Gasteiger charge is 2.09. The summed E-state index contributed by atoms with van der Waals surface area (Å²) in [6.07, 6.45) is 0. The van der Waals surface area contributed by atoms with Crippen LogP contribution in [0.4, 0.5) is 0 Å². The van der Waals surface area contributed by atoms with E-state index in [1.807, 2.05) is 0 Å². The van der Waals surface area contributed by atoms with Gasteiger partial charge >= 0.3 is 0 Å². The van der Waals surface area contributed by atoms with Crippen LogP contribution in [0, 0.1) is 6.92 Å². The third kappa shape index (κ3) is 1.28. The lowest BCUT2D eigenvalue weighted by molar-refractivity contribution is 0.894. The van der Waals surface area contributed by atoms with Crippen LogP contribution in [0.5, 0.6) is 0 Å². The molecule has 0 spiro atoms. The smallest absolute Gasteiger partial charge is 0.0494 e. The van der Waals surface area contributed by atoms with Crippen molar-refractivity contribution in [1.29, 1.82) is 0 Å². The number of aryl methyl sites for hydroxylation is 1. The molecule has 2 N–H and O–H groups in total. The fourth-order valence-electron chi connectivity index (χ4n) is 1.87. The molecule has 0 fully saturated rings. The molecule has 0 radical (unpaired) electrons. The molecule has 0 saturated carbocycles. The molecule has 0 bridgehead atoms. The fraction of sp³-hybridized carbons (Fsp3) is 0.273. The topological polar surface area (TPSA) is 30.9 Å². The Morgan fingerprint density at radius 2 is 2.14 bits per heavy atom. The van der Waals surface area contributed by atoms with Crippen LogP contribution in [-0.2, 0) is 13.6 Å². The van der Waals surface area contributed by atoms with Crippen molar-refractivity contribution in [3.63, 3.8) is 0 Å². The second-order valence-electron chi connectivity index (χ2n) is 3.49. The van der Waals surface area contributed by atoms with Crippen LogP contribution in [0.25, 0.3) is 10.9 Å². The number of aromatic nitrogens is 1. The SMILES string of the molecule is Cc1c(CN)c2ccc(Br)cc2n1C. The fourth-order valence-corrected chi connectivity index (χ4v) is 2.22. The van der Waals surface area contributed by atoms with E-state index in [2.05, 4.69) is 52.7 Å². The highest BCUT2D eigenvalue weighted by Crippen LogP contribution is 2.27. The summed E-state index contributed by atoms with van der Waals surface area (Å²) >= 11 is 3.48. The van der Waals surface area contributed by atoms with E-state index in [9.17, 15) is 0 Å². The maximum absolute atomic E-state index is 5.74. The van der Waals surface area contributed by atoms with Crippen molar-refractivity contribution in [2.24, 2.45) is 12.8 Å². The van der Waals surface area contributed by atoms with E-state index in [0.29, 0.717) is 6.54 Å². The molecule has 0 atom stereocenters. The van der Waals surface area contributed by atoms with Gasteiger partial charge in [0, 0.05) is 34.7 Å². The van der Waals surface area contributed by atoms with E-state index >= 15 is 0 Å². The van der Waals surface area contributed by atoms with Gasteiger partial charge in [-0.15, -0.1) is 0 Å². The van der Waals surface area contributed by atoms with Crippen molar-refractivity contribution in [2.75, 3.05) is 0 Å². The van der Waals surface area contributed by atoms with Gasteiger partial charge in [-0.1, -0.05) is 22.0 Å². The average molecular weight is 253 g/mol. The van der Waals surface area contributed by atoms with Gasteiger partial charge in [-0.25, -0.2) is 0 Å². The molecular weight excluding hydrogens is 240 g/mol. The Labute approximate surface area is 91.8 Å². The zero-order valence-corrected chi connectivity index (χ0v) is 9.93. The molecular formula is C11H13BrN2. The molecule has 74 valence electrons. The number of benzene rings is 1. The minimum atomic E-state index is 0.602. The molecule has 0 aliphatic rings. The van der Waals surface area contributed by atoms with Crippen LogP contribution in [-0.4, -0.2) is 4.57 Å². The molecule has 0 amide bonds. The van der Waals surface area contributed by atoms with Gasteiger partial charge < -0.3 is 10.3 Å². The molecule has 1 aromatic carbocycles. The number of halogens is 1. The van der Waals surface area contributed by atoms with Gasteiger partial charge in [0.25, 0.3) is 0 Å². The van der Waals surface area contributed by atoms with Crippen molar-refractivity contribution in [2.45, 2.75) is 13.5 Å². The van der Waals surface area contributed by atoms with Crippen LogP contribution in [0.2, 0.25) is 0 Å². The summed E-state index contributed by atoms with van der Waals surface area (Å²) in [6.45, 7) is 2.71. The van der Waals surface area contributed by atoms with E-state index in [4.69, 9.17) is 5.73 Å². The Hall–Kier alpha value is -0.800. The number of hydrogen-bond donors (Lipinski definition) is 1. The minimum absolute atomic E-state index is 0.602. The highest BCUT2D eigenvalue weighted by molar-refractivity contribution is 9.10. The standard InChI is InChI=1S/C11H13BrN2/c1-7-10(6-13)9-4-3-8(12)5-11(9)14(7)2/h3-5H,6,13H2,1-2H3. The summed E-state index contributed by atoms with van der Waals surface area (Å²) < 4.78 is 3.29. The summed E-state index contributed by atoms with van der Waals surface area (Å²) in [5.74, 6) is 0. The first-order valence-corrected chi connectivity index (χ1v) is 5.38. The lowest BCUT2D eigenvalue weighted by Gasteiger charge is -1.98. The number of nitrogens with zero attached hydrogens (tertiary/aromatic N) is 1. The van der Waals surface area contributed by atoms with Crippen LogP contribution in [0.3, 0.4) is 0 Å². The molecule has 2 aromatic rings. The van der Waals surface area contributed by atoms with Gasteiger partial charge in [-0.3, -0.25) is 0 Å². The molecule has 0 aliphatic heterocycles. The second kappa shape index (κ2) is 3.41.